The molecule has 1 saturated heterocycles. The standard InChI is InChI=1S/C12H17ClN2O2S3/c13-11-2-1-9(6-14)5-12(11)20(16,17)15-7-10-8-18-3-4-19-10/h1-2,5,10,15H,3-4,6-8,14H2. The summed E-state index contributed by atoms with van der Waals surface area (Å²) in [5.41, 5.74) is 6.29. The smallest absolute Gasteiger partial charge is 0.242 e. The highest BCUT2D eigenvalue weighted by Gasteiger charge is 2.21. The maximum Gasteiger partial charge on any atom is 0.242 e. The Morgan fingerprint density at radius 1 is 1.40 bits per heavy atom. The highest BCUT2D eigenvalue weighted by atomic mass is 35.5. The number of halogens is 1. The summed E-state index contributed by atoms with van der Waals surface area (Å²) in [4.78, 5) is 0.107. The summed E-state index contributed by atoms with van der Waals surface area (Å²) in [7, 11) is -3.58. The van der Waals surface area contributed by atoms with Crippen molar-refractivity contribution in [1.82, 2.24) is 4.72 Å². The number of benzene rings is 1. The average Bonchev–Trinajstić information content (AvgIpc) is 2.47. The lowest BCUT2D eigenvalue weighted by Gasteiger charge is -2.21. The van der Waals surface area contributed by atoms with Crippen molar-refractivity contribution in [2.75, 3.05) is 23.8 Å². The average molecular weight is 353 g/mol. The second-order valence-corrected chi connectivity index (χ2v) is 9.09. The van der Waals surface area contributed by atoms with Crippen molar-refractivity contribution in [1.29, 1.82) is 0 Å². The third kappa shape index (κ3) is 4.29. The Morgan fingerprint density at radius 2 is 2.20 bits per heavy atom. The van der Waals surface area contributed by atoms with E-state index in [1.807, 2.05) is 23.5 Å². The molecule has 0 radical (unpaired) electrons. The Kier molecular flexibility index (Phi) is 6.07. The van der Waals surface area contributed by atoms with Crippen molar-refractivity contribution in [3.05, 3.63) is 28.8 Å². The van der Waals surface area contributed by atoms with Crippen LogP contribution in [0.1, 0.15) is 5.56 Å². The van der Waals surface area contributed by atoms with E-state index in [2.05, 4.69) is 4.72 Å². The molecule has 1 heterocycles. The lowest BCUT2D eigenvalue weighted by atomic mass is 10.2. The molecule has 1 fully saturated rings. The first kappa shape index (κ1) is 16.5. The molecule has 0 saturated carbocycles. The molecule has 0 aromatic heterocycles. The van der Waals surface area contributed by atoms with Crippen LogP contribution >= 0.6 is 35.1 Å². The van der Waals surface area contributed by atoms with Crippen LogP contribution in [0.5, 0.6) is 0 Å². The van der Waals surface area contributed by atoms with E-state index in [1.165, 1.54) is 6.07 Å². The molecule has 3 N–H and O–H groups in total. The predicted octanol–water partition coefficient (Wildman–Crippen LogP) is 1.93. The van der Waals surface area contributed by atoms with Gasteiger partial charge in [0.05, 0.1) is 5.02 Å². The van der Waals surface area contributed by atoms with E-state index >= 15 is 0 Å². The van der Waals surface area contributed by atoms with Crippen molar-refractivity contribution >= 4 is 45.1 Å². The van der Waals surface area contributed by atoms with Gasteiger partial charge >= 0.3 is 0 Å². The summed E-state index contributed by atoms with van der Waals surface area (Å²) < 4.78 is 27.3. The van der Waals surface area contributed by atoms with E-state index in [9.17, 15) is 8.42 Å². The van der Waals surface area contributed by atoms with Crippen molar-refractivity contribution in [2.45, 2.75) is 16.7 Å². The van der Waals surface area contributed by atoms with Crippen LogP contribution in [0.2, 0.25) is 5.02 Å². The summed E-state index contributed by atoms with van der Waals surface area (Å²) in [6.45, 7) is 0.720. The van der Waals surface area contributed by atoms with Gasteiger partial charge in [-0.2, -0.15) is 23.5 Å². The van der Waals surface area contributed by atoms with Crippen LogP contribution in [0.25, 0.3) is 0 Å². The van der Waals surface area contributed by atoms with E-state index in [-0.39, 0.29) is 16.5 Å². The topological polar surface area (TPSA) is 72.2 Å². The van der Waals surface area contributed by atoms with Crippen LogP contribution in [0.4, 0.5) is 0 Å². The number of sulfonamides is 1. The molecule has 1 atom stereocenters. The Hall–Kier alpha value is 0.0800. The van der Waals surface area contributed by atoms with E-state index in [4.69, 9.17) is 17.3 Å². The molecule has 20 heavy (non-hydrogen) atoms. The first-order valence-electron chi connectivity index (χ1n) is 6.20. The molecule has 2 rings (SSSR count). The lowest BCUT2D eigenvalue weighted by Crippen LogP contribution is -2.33. The molecule has 0 spiro atoms. The first-order valence-corrected chi connectivity index (χ1v) is 10.3. The van der Waals surface area contributed by atoms with E-state index in [0.717, 1.165) is 22.8 Å². The van der Waals surface area contributed by atoms with Crippen LogP contribution in [0, 0.1) is 0 Å². The number of thioether (sulfide) groups is 2. The van der Waals surface area contributed by atoms with Crippen molar-refractivity contribution in [3.8, 4) is 0 Å². The molecule has 1 aromatic rings. The highest BCUT2D eigenvalue weighted by molar-refractivity contribution is 8.06. The molecule has 0 aliphatic carbocycles. The van der Waals surface area contributed by atoms with Crippen molar-refractivity contribution in [3.63, 3.8) is 0 Å². The molecule has 112 valence electrons. The Bertz CT molecular complexity index is 560. The Morgan fingerprint density at radius 3 is 2.85 bits per heavy atom. The van der Waals surface area contributed by atoms with Crippen molar-refractivity contribution in [2.24, 2.45) is 5.73 Å². The second-order valence-electron chi connectivity index (χ2n) is 4.39. The molecule has 1 aliphatic heterocycles. The van der Waals surface area contributed by atoms with Gasteiger partial charge in [0.2, 0.25) is 10.0 Å². The predicted molar refractivity (Wildman–Crippen MR) is 88.1 cm³/mol. The fourth-order valence-corrected chi connectivity index (χ4v) is 6.16. The SMILES string of the molecule is NCc1ccc(Cl)c(S(=O)(=O)NCC2CSCCS2)c1. The molecule has 1 aliphatic rings. The van der Waals surface area contributed by atoms with Crippen LogP contribution < -0.4 is 10.5 Å². The van der Waals surface area contributed by atoms with Gasteiger partial charge in [-0.25, -0.2) is 13.1 Å². The Balaban J connectivity index is 2.09. The number of rotatable bonds is 5. The monoisotopic (exact) mass is 352 g/mol. The van der Waals surface area contributed by atoms with Gasteiger partial charge in [-0.15, -0.1) is 0 Å². The van der Waals surface area contributed by atoms with Crippen molar-refractivity contribution < 1.29 is 8.42 Å². The summed E-state index contributed by atoms with van der Waals surface area (Å²) in [6.07, 6.45) is 0. The minimum absolute atomic E-state index is 0.107. The number of nitrogens with two attached hydrogens (primary N) is 1. The molecule has 4 nitrogen and oxygen atoms in total. The zero-order valence-electron chi connectivity index (χ0n) is 10.8. The fourth-order valence-electron chi connectivity index (χ4n) is 1.82. The minimum Gasteiger partial charge on any atom is -0.326 e. The molecular weight excluding hydrogens is 336 g/mol. The molecular formula is C12H17ClN2O2S3. The van der Waals surface area contributed by atoms with Gasteiger partial charge < -0.3 is 5.73 Å². The third-order valence-electron chi connectivity index (χ3n) is 2.91. The normalized spacial score (nSPS) is 20.0. The molecule has 0 amide bonds. The first-order chi connectivity index (χ1) is 9.53. The zero-order valence-corrected chi connectivity index (χ0v) is 14.0. The molecule has 1 aromatic carbocycles. The van der Waals surface area contributed by atoms with Crippen LogP contribution in [-0.4, -0.2) is 37.5 Å². The second kappa shape index (κ2) is 7.38. The number of hydrogen-bond donors (Lipinski definition) is 2. The van der Waals surface area contributed by atoms with Gasteiger partial charge in [0.1, 0.15) is 4.90 Å². The zero-order chi connectivity index (χ0) is 14.6. The highest BCUT2D eigenvalue weighted by Crippen LogP contribution is 2.25. The third-order valence-corrected chi connectivity index (χ3v) is 7.66. The Labute approximate surface area is 133 Å². The fraction of sp³-hybridized carbons (Fsp3) is 0.500. The largest absolute Gasteiger partial charge is 0.326 e. The van der Waals surface area contributed by atoms with Crippen LogP contribution in [0.3, 0.4) is 0 Å². The summed E-state index contributed by atoms with van der Waals surface area (Å²) in [6, 6.07) is 4.84. The number of hydrogen-bond acceptors (Lipinski definition) is 5. The number of nitrogens with one attached hydrogen (secondary N) is 1. The van der Waals surface area contributed by atoms with Gasteiger partial charge in [-0.1, -0.05) is 17.7 Å². The van der Waals surface area contributed by atoms with Gasteiger partial charge in [0.15, 0.2) is 0 Å². The van der Waals surface area contributed by atoms with E-state index in [1.54, 1.807) is 12.1 Å². The van der Waals surface area contributed by atoms with Gasteiger partial charge in [0, 0.05) is 35.6 Å². The maximum absolute atomic E-state index is 12.3. The lowest BCUT2D eigenvalue weighted by molar-refractivity contribution is 0.581. The summed E-state index contributed by atoms with van der Waals surface area (Å²) in [5, 5.41) is 0.542. The quantitative estimate of drug-likeness (QED) is 0.847. The minimum atomic E-state index is -3.58. The van der Waals surface area contributed by atoms with Crippen LogP contribution in [0.15, 0.2) is 23.1 Å². The van der Waals surface area contributed by atoms with Gasteiger partial charge in [-0.3, -0.25) is 0 Å². The van der Waals surface area contributed by atoms with Gasteiger partial charge in [-0.05, 0) is 17.7 Å². The molecule has 0 bridgehead atoms. The summed E-state index contributed by atoms with van der Waals surface area (Å²) in [5.74, 6) is 3.18. The maximum atomic E-state index is 12.3. The molecule has 1 unspecified atom stereocenters. The van der Waals surface area contributed by atoms with E-state index in [0.29, 0.717) is 11.8 Å². The molecule has 8 heteroatoms. The van der Waals surface area contributed by atoms with Crippen LogP contribution in [-0.2, 0) is 16.6 Å². The summed E-state index contributed by atoms with van der Waals surface area (Å²) >= 11 is 9.66. The van der Waals surface area contributed by atoms with Gasteiger partial charge in [0.25, 0.3) is 0 Å². The van der Waals surface area contributed by atoms with E-state index < -0.39 is 10.0 Å².